The zero-order chi connectivity index (χ0) is 12.1. The summed E-state index contributed by atoms with van der Waals surface area (Å²) in [4.78, 5) is 0. The lowest BCUT2D eigenvalue weighted by Crippen LogP contribution is -2.05. The Hall–Kier alpha value is -1.60. The summed E-state index contributed by atoms with van der Waals surface area (Å²) >= 11 is 0. The molecule has 2 rings (SSSR count). The van der Waals surface area contributed by atoms with Crippen molar-refractivity contribution in [3.63, 3.8) is 0 Å². The van der Waals surface area contributed by atoms with E-state index in [1.807, 2.05) is 7.05 Å². The van der Waals surface area contributed by atoms with Crippen LogP contribution in [0.2, 0.25) is 0 Å². The van der Waals surface area contributed by atoms with Crippen LogP contribution in [0.25, 0.3) is 0 Å². The van der Waals surface area contributed by atoms with Crippen LogP contribution >= 0.6 is 0 Å². The molecule has 0 aliphatic rings. The number of hydrogen-bond acceptors (Lipinski definition) is 1. The van der Waals surface area contributed by atoms with Crippen molar-refractivity contribution in [1.82, 2.24) is 5.32 Å². The summed E-state index contributed by atoms with van der Waals surface area (Å²) in [5.74, 6) is 0. The van der Waals surface area contributed by atoms with Crippen LogP contribution < -0.4 is 5.32 Å². The van der Waals surface area contributed by atoms with Crippen molar-refractivity contribution in [2.45, 2.75) is 19.9 Å². The third-order valence-electron chi connectivity index (χ3n) is 3.03. The lowest BCUT2D eigenvalue weighted by Gasteiger charge is -2.07. The summed E-state index contributed by atoms with van der Waals surface area (Å²) in [5.41, 5.74) is 5.51. The van der Waals surface area contributed by atoms with Crippen LogP contribution in [0.1, 0.15) is 22.3 Å². The molecule has 0 atom stereocenters. The highest BCUT2D eigenvalue weighted by Gasteiger charge is 2.00. The fraction of sp³-hybridized carbons (Fsp3) is 0.250. The molecule has 0 fully saturated rings. The van der Waals surface area contributed by atoms with Crippen LogP contribution in [-0.4, -0.2) is 7.05 Å². The summed E-state index contributed by atoms with van der Waals surface area (Å²) in [5, 5.41) is 3.19. The van der Waals surface area contributed by atoms with E-state index in [4.69, 9.17) is 0 Å². The van der Waals surface area contributed by atoms with Gasteiger partial charge < -0.3 is 5.32 Å². The van der Waals surface area contributed by atoms with E-state index >= 15 is 0 Å². The molecule has 0 heterocycles. The van der Waals surface area contributed by atoms with Gasteiger partial charge >= 0.3 is 0 Å². The topological polar surface area (TPSA) is 12.0 Å². The molecule has 2 aromatic rings. The van der Waals surface area contributed by atoms with Gasteiger partial charge in [0.05, 0.1) is 0 Å². The maximum Gasteiger partial charge on any atom is 0.0202 e. The number of nitrogens with one attached hydrogen (secondary N) is 1. The zero-order valence-electron chi connectivity index (χ0n) is 10.5. The molecule has 1 heteroatoms. The van der Waals surface area contributed by atoms with Crippen LogP contribution in [0.15, 0.2) is 48.5 Å². The minimum atomic E-state index is 0.932. The lowest BCUT2D eigenvalue weighted by atomic mass is 9.99. The summed E-state index contributed by atoms with van der Waals surface area (Å²) < 4.78 is 0. The smallest absolute Gasteiger partial charge is 0.0202 e. The second-order valence-corrected chi connectivity index (χ2v) is 4.45. The van der Waals surface area contributed by atoms with E-state index in [1.54, 1.807) is 0 Å². The van der Waals surface area contributed by atoms with Gasteiger partial charge in [-0.05, 0) is 42.6 Å². The van der Waals surface area contributed by atoms with Crippen molar-refractivity contribution in [2.24, 2.45) is 0 Å². The maximum atomic E-state index is 3.19. The van der Waals surface area contributed by atoms with Crippen molar-refractivity contribution < 1.29 is 0 Å². The first-order valence-corrected chi connectivity index (χ1v) is 6.06. The molecule has 17 heavy (non-hydrogen) atoms. The molecule has 0 spiro atoms. The highest BCUT2D eigenvalue weighted by Crippen LogP contribution is 2.14. The van der Waals surface area contributed by atoms with E-state index < -0.39 is 0 Å². The molecule has 0 aliphatic carbocycles. The Balaban J connectivity index is 2.18. The van der Waals surface area contributed by atoms with Crippen LogP contribution in [0, 0.1) is 6.92 Å². The van der Waals surface area contributed by atoms with E-state index in [0.29, 0.717) is 0 Å². The molecule has 0 aliphatic heterocycles. The quantitative estimate of drug-likeness (QED) is 0.841. The van der Waals surface area contributed by atoms with Gasteiger partial charge in [0.2, 0.25) is 0 Å². The van der Waals surface area contributed by atoms with E-state index in [2.05, 4.69) is 60.8 Å². The molecule has 0 radical (unpaired) electrons. The van der Waals surface area contributed by atoms with Gasteiger partial charge in [-0.2, -0.15) is 0 Å². The molecule has 0 bridgehead atoms. The van der Waals surface area contributed by atoms with Gasteiger partial charge in [0.15, 0.2) is 0 Å². The monoisotopic (exact) mass is 225 g/mol. The maximum absolute atomic E-state index is 3.19. The second-order valence-electron chi connectivity index (χ2n) is 4.45. The Labute approximate surface area is 103 Å². The Morgan fingerprint density at radius 3 is 2.47 bits per heavy atom. The number of benzene rings is 2. The molecule has 0 saturated heterocycles. The van der Waals surface area contributed by atoms with Gasteiger partial charge in [-0.15, -0.1) is 0 Å². The summed E-state index contributed by atoms with van der Waals surface area (Å²) in [6, 6.07) is 17.4. The fourth-order valence-electron chi connectivity index (χ4n) is 2.08. The van der Waals surface area contributed by atoms with Crippen molar-refractivity contribution >= 4 is 0 Å². The predicted octanol–water partition coefficient (Wildman–Crippen LogP) is 3.31. The molecule has 2 aromatic carbocycles. The highest BCUT2D eigenvalue weighted by atomic mass is 14.8. The fourth-order valence-corrected chi connectivity index (χ4v) is 2.08. The van der Waals surface area contributed by atoms with Crippen molar-refractivity contribution in [3.05, 3.63) is 70.8 Å². The van der Waals surface area contributed by atoms with Gasteiger partial charge in [0, 0.05) is 6.54 Å². The molecule has 0 amide bonds. The minimum absolute atomic E-state index is 0.932. The van der Waals surface area contributed by atoms with Crippen LogP contribution in [0.3, 0.4) is 0 Å². The average Bonchev–Trinajstić information content (AvgIpc) is 2.33. The average molecular weight is 225 g/mol. The predicted molar refractivity (Wildman–Crippen MR) is 73.2 cm³/mol. The molecule has 0 unspecified atom stereocenters. The van der Waals surface area contributed by atoms with Crippen LogP contribution in [0.5, 0.6) is 0 Å². The lowest BCUT2D eigenvalue weighted by molar-refractivity contribution is 0.816. The molecule has 88 valence electrons. The Kier molecular flexibility index (Phi) is 3.94. The first kappa shape index (κ1) is 11.9. The summed E-state index contributed by atoms with van der Waals surface area (Å²) in [7, 11) is 1.98. The van der Waals surface area contributed by atoms with Crippen molar-refractivity contribution in [1.29, 1.82) is 0 Å². The SMILES string of the molecule is CNCc1cccc(Cc2ccccc2C)c1. The number of aryl methyl sites for hydroxylation is 1. The van der Waals surface area contributed by atoms with Crippen molar-refractivity contribution in [2.75, 3.05) is 7.05 Å². The third-order valence-corrected chi connectivity index (χ3v) is 3.03. The standard InChI is InChI=1S/C16H19N/c1-13-6-3-4-9-16(13)11-14-7-5-8-15(10-14)12-17-2/h3-10,17H,11-12H2,1-2H3. The minimum Gasteiger partial charge on any atom is -0.316 e. The summed E-state index contributed by atoms with van der Waals surface area (Å²) in [6.07, 6.45) is 1.02. The normalized spacial score (nSPS) is 10.5. The Morgan fingerprint density at radius 1 is 0.941 bits per heavy atom. The van der Waals surface area contributed by atoms with Crippen molar-refractivity contribution in [3.8, 4) is 0 Å². The second kappa shape index (κ2) is 5.65. The molecule has 1 nitrogen and oxygen atoms in total. The van der Waals surface area contributed by atoms with E-state index in [0.717, 1.165) is 13.0 Å². The Morgan fingerprint density at radius 2 is 1.71 bits per heavy atom. The largest absolute Gasteiger partial charge is 0.316 e. The van der Waals surface area contributed by atoms with Gasteiger partial charge in [-0.1, -0.05) is 48.5 Å². The van der Waals surface area contributed by atoms with E-state index in [9.17, 15) is 0 Å². The van der Waals surface area contributed by atoms with Gasteiger partial charge in [-0.3, -0.25) is 0 Å². The van der Waals surface area contributed by atoms with Crippen LogP contribution in [-0.2, 0) is 13.0 Å². The first-order valence-electron chi connectivity index (χ1n) is 6.06. The van der Waals surface area contributed by atoms with Gasteiger partial charge in [-0.25, -0.2) is 0 Å². The zero-order valence-corrected chi connectivity index (χ0v) is 10.5. The van der Waals surface area contributed by atoms with Gasteiger partial charge in [0.1, 0.15) is 0 Å². The van der Waals surface area contributed by atoms with Gasteiger partial charge in [0.25, 0.3) is 0 Å². The molecular weight excluding hydrogens is 206 g/mol. The summed E-state index contributed by atoms with van der Waals surface area (Å²) in [6.45, 7) is 3.11. The number of rotatable bonds is 4. The highest BCUT2D eigenvalue weighted by molar-refractivity contribution is 5.33. The molecular formula is C16H19N. The van der Waals surface area contributed by atoms with E-state index in [-0.39, 0.29) is 0 Å². The molecule has 0 aromatic heterocycles. The Bertz CT molecular complexity index is 488. The molecule has 0 saturated carbocycles. The van der Waals surface area contributed by atoms with Crippen LogP contribution in [0.4, 0.5) is 0 Å². The van der Waals surface area contributed by atoms with E-state index in [1.165, 1.54) is 22.3 Å². The molecule has 1 N–H and O–H groups in total. The first-order chi connectivity index (χ1) is 8.29. The number of hydrogen-bond donors (Lipinski definition) is 1. The third kappa shape index (κ3) is 3.18.